The van der Waals surface area contributed by atoms with Crippen LogP contribution < -0.4 is 5.32 Å². The van der Waals surface area contributed by atoms with Crippen molar-refractivity contribution in [3.05, 3.63) is 79.3 Å². The molecule has 8 heteroatoms. The van der Waals surface area contributed by atoms with Crippen LogP contribution in [0.15, 0.2) is 84.3 Å². The van der Waals surface area contributed by atoms with Crippen molar-refractivity contribution in [3.63, 3.8) is 0 Å². The molecule has 4 aromatic rings. The number of aromatic nitrogens is 3. The van der Waals surface area contributed by atoms with E-state index in [-0.39, 0.29) is 17.6 Å². The minimum atomic E-state index is -0.474. The second-order valence-electron chi connectivity index (χ2n) is 7.83. The molecule has 1 fully saturated rings. The van der Waals surface area contributed by atoms with Gasteiger partial charge in [0.2, 0.25) is 11.8 Å². The molecule has 0 saturated carbocycles. The Bertz CT molecular complexity index is 1290. The number of carbonyl (C=O) groups excluding carboxylic acids is 2. The zero-order chi connectivity index (χ0) is 22.6. The summed E-state index contributed by atoms with van der Waals surface area (Å²) < 4.78 is 1.95. The maximum atomic E-state index is 13.1. The van der Waals surface area contributed by atoms with Crippen LogP contribution in [0.5, 0.6) is 0 Å². The van der Waals surface area contributed by atoms with Crippen LogP contribution in [-0.4, -0.2) is 49.6 Å². The number of hydrogen-bond donors (Lipinski definition) is 1. The van der Waals surface area contributed by atoms with E-state index >= 15 is 0 Å². The Morgan fingerprint density at radius 3 is 2.61 bits per heavy atom. The first-order chi connectivity index (χ1) is 16.2. The highest BCUT2D eigenvalue weighted by atomic mass is 32.2. The summed E-state index contributed by atoms with van der Waals surface area (Å²) in [6.45, 7) is 0.583. The smallest absolute Gasteiger partial charge is 0.247 e. The van der Waals surface area contributed by atoms with Gasteiger partial charge in [-0.15, -0.1) is 0 Å². The Kier molecular flexibility index (Phi) is 6.08. The summed E-state index contributed by atoms with van der Waals surface area (Å²) in [4.78, 5) is 36.8. The Morgan fingerprint density at radius 2 is 1.76 bits per heavy atom. The van der Waals surface area contributed by atoms with Gasteiger partial charge in [-0.1, -0.05) is 36.0 Å². The Morgan fingerprint density at radius 1 is 1.00 bits per heavy atom. The maximum Gasteiger partial charge on any atom is 0.247 e. The summed E-state index contributed by atoms with van der Waals surface area (Å²) in [6.07, 6.45) is 7.02. The quantitative estimate of drug-likeness (QED) is 0.440. The summed E-state index contributed by atoms with van der Waals surface area (Å²) in [5, 5.41) is 3.73. The summed E-state index contributed by atoms with van der Waals surface area (Å²) in [5.41, 5.74) is 3.23. The third kappa shape index (κ3) is 4.61. The van der Waals surface area contributed by atoms with Crippen LogP contribution in [0.3, 0.4) is 0 Å². The van der Waals surface area contributed by atoms with Crippen molar-refractivity contribution >= 4 is 40.3 Å². The minimum absolute atomic E-state index is 0.0636. The molecule has 0 bridgehead atoms. The van der Waals surface area contributed by atoms with Crippen LogP contribution in [0.25, 0.3) is 16.7 Å². The fourth-order valence-electron chi connectivity index (χ4n) is 4.08. The molecule has 166 valence electrons. The largest absolute Gasteiger partial charge is 0.330 e. The summed E-state index contributed by atoms with van der Waals surface area (Å²) in [6, 6.07) is 18.7. The number of carbonyl (C=O) groups is 2. The van der Waals surface area contributed by atoms with E-state index in [1.807, 2.05) is 77.6 Å². The van der Waals surface area contributed by atoms with Crippen LogP contribution in [0.4, 0.5) is 5.69 Å². The molecule has 2 aromatic carbocycles. The van der Waals surface area contributed by atoms with Crippen LogP contribution >= 0.6 is 11.8 Å². The minimum Gasteiger partial charge on any atom is -0.330 e. The van der Waals surface area contributed by atoms with Crippen molar-refractivity contribution < 1.29 is 9.59 Å². The number of anilines is 1. The molecule has 5 rings (SSSR count). The molecule has 0 radical (unpaired) electrons. The van der Waals surface area contributed by atoms with Crippen molar-refractivity contribution in [2.75, 3.05) is 17.6 Å². The third-order valence-corrected chi connectivity index (χ3v) is 6.57. The third-order valence-electron chi connectivity index (χ3n) is 5.69. The zero-order valence-electron chi connectivity index (χ0n) is 17.9. The molecule has 0 aliphatic carbocycles. The van der Waals surface area contributed by atoms with Crippen LogP contribution in [0, 0.1) is 0 Å². The Labute approximate surface area is 195 Å². The highest BCUT2D eigenvalue weighted by molar-refractivity contribution is 7.99. The highest BCUT2D eigenvalue weighted by Crippen LogP contribution is 2.25. The molecule has 33 heavy (non-hydrogen) atoms. The molecule has 2 aromatic heterocycles. The number of rotatable bonds is 6. The van der Waals surface area contributed by atoms with Crippen molar-refractivity contribution in [2.45, 2.75) is 23.9 Å². The van der Waals surface area contributed by atoms with Crippen LogP contribution in [-0.2, 0) is 9.59 Å². The van der Waals surface area contributed by atoms with E-state index in [9.17, 15) is 9.59 Å². The first-order valence-electron chi connectivity index (χ1n) is 10.9. The van der Waals surface area contributed by atoms with Crippen molar-refractivity contribution in [1.29, 1.82) is 0 Å². The average Bonchev–Trinajstić information content (AvgIpc) is 3.55. The van der Waals surface area contributed by atoms with E-state index in [4.69, 9.17) is 0 Å². The van der Waals surface area contributed by atoms with Gasteiger partial charge in [0.15, 0.2) is 0 Å². The van der Waals surface area contributed by atoms with E-state index in [1.165, 1.54) is 11.8 Å². The SMILES string of the molecule is O=C(Nc1ccccc1-n1cccc1)C1CCCN1C(=O)CSc1cnc2ccccc2n1. The fourth-order valence-corrected chi connectivity index (χ4v) is 4.81. The molecule has 1 saturated heterocycles. The Balaban J connectivity index is 1.25. The monoisotopic (exact) mass is 457 g/mol. The molecular weight excluding hydrogens is 434 g/mol. The number of fused-ring (bicyclic) bond motifs is 1. The number of para-hydroxylation sites is 4. The molecule has 1 N–H and O–H groups in total. The summed E-state index contributed by atoms with van der Waals surface area (Å²) in [7, 11) is 0. The normalized spacial score (nSPS) is 15.6. The number of amides is 2. The zero-order valence-corrected chi connectivity index (χ0v) is 18.7. The molecule has 1 aliphatic rings. The van der Waals surface area contributed by atoms with Crippen LogP contribution in [0.1, 0.15) is 12.8 Å². The maximum absolute atomic E-state index is 13.1. The van der Waals surface area contributed by atoms with Gasteiger partial charge in [-0.25, -0.2) is 4.98 Å². The van der Waals surface area contributed by atoms with E-state index in [1.54, 1.807) is 11.1 Å². The number of likely N-dealkylation sites (tertiary alicyclic amines) is 1. The second kappa shape index (κ2) is 9.46. The molecule has 1 atom stereocenters. The van der Waals surface area contributed by atoms with Crippen molar-refractivity contribution in [2.24, 2.45) is 0 Å². The molecule has 2 amide bonds. The number of benzene rings is 2. The van der Waals surface area contributed by atoms with E-state index in [2.05, 4.69) is 15.3 Å². The highest BCUT2D eigenvalue weighted by Gasteiger charge is 2.34. The summed E-state index contributed by atoms with van der Waals surface area (Å²) >= 11 is 1.35. The average molecular weight is 458 g/mol. The predicted octanol–water partition coefficient (Wildman–Crippen LogP) is 4.14. The number of thioether (sulfide) groups is 1. The van der Waals surface area contributed by atoms with Gasteiger partial charge in [0, 0.05) is 18.9 Å². The van der Waals surface area contributed by atoms with Gasteiger partial charge < -0.3 is 14.8 Å². The lowest BCUT2D eigenvalue weighted by Gasteiger charge is -2.24. The molecule has 1 unspecified atom stereocenters. The van der Waals surface area contributed by atoms with Gasteiger partial charge in [0.25, 0.3) is 0 Å². The Hall–Kier alpha value is -3.65. The lowest BCUT2D eigenvalue weighted by molar-refractivity contribution is -0.134. The van der Waals surface area contributed by atoms with Gasteiger partial charge in [0.1, 0.15) is 11.1 Å². The molecule has 7 nitrogen and oxygen atoms in total. The van der Waals surface area contributed by atoms with Gasteiger partial charge in [-0.05, 0) is 49.2 Å². The van der Waals surface area contributed by atoms with E-state index < -0.39 is 6.04 Å². The van der Waals surface area contributed by atoms with Crippen molar-refractivity contribution in [3.8, 4) is 5.69 Å². The number of nitrogens with one attached hydrogen (secondary N) is 1. The molecule has 1 aliphatic heterocycles. The lowest BCUT2D eigenvalue weighted by Crippen LogP contribution is -2.44. The predicted molar refractivity (Wildman–Crippen MR) is 129 cm³/mol. The van der Waals surface area contributed by atoms with Crippen molar-refractivity contribution in [1.82, 2.24) is 19.4 Å². The topological polar surface area (TPSA) is 80.1 Å². The van der Waals surface area contributed by atoms with Gasteiger partial charge >= 0.3 is 0 Å². The van der Waals surface area contributed by atoms with Crippen LogP contribution in [0.2, 0.25) is 0 Å². The van der Waals surface area contributed by atoms with Gasteiger partial charge in [-0.2, -0.15) is 0 Å². The second-order valence-corrected chi connectivity index (χ2v) is 8.82. The van der Waals surface area contributed by atoms with Gasteiger partial charge in [-0.3, -0.25) is 14.6 Å². The number of hydrogen-bond acceptors (Lipinski definition) is 5. The van der Waals surface area contributed by atoms with E-state index in [0.29, 0.717) is 18.0 Å². The lowest BCUT2D eigenvalue weighted by atomic mass is 10.2. The number of nitrogens with zero attached hydrogens (tertiary/aromatic N) is 4. The van der Waals surface area contributed by atoms with Gasteiger partial charge in [0.05, 0.1) is 34.4 Å². The fraction of sp³-hybridized carbons (Fsp3) is 0.200. The molecular formula is C25H23N5O2S. The standard InChI is InChI=1S/C25H23N5O2S/c31-24(17-33-23-16-26-18-8-1-2-9-19(18)27-23)30-15-7-12-22(30)25(32)28-20-10-3-4-11-21(20)29-13-5-6-14-29/h1-6,8-11,13-14,16,22H,7,12,15,17H2,(H,28,32). The first-order valence-corrected chi connectivity index (χ1v) is 11.8. The van der Waals surface area contributed by atoms with E-state index in [0.717, 1.165) is 28.8 Å². The molecule has 3 heterocycles. The first kappa shape index (κ1) is 21.2. The molecule has 0 spiro atoms. The summed E-state index contributed by atoms with van der Waals surface area (Å²) in [5.74, 6) is -0.00113.